The highest BCUT2D eigenvalue weighted by Gasteiger charge is 2.13. The summed E-state index contributed by atoms with van der Waals surface area (Å²) in [7, 11) is 0. The quantitative estimate of drug-likeness (QED) is 0.759. The van der Waals surface area contributed by atoms with Crippen molar-refractivity contribution in [2.75, 3.05) is 5.73 Å². The van der Waals surface area contributed by atoms with Gasteiger partial charge in [0.1, 0.15) is 11.6 Å². The van der Waals surface area contributed by atoms with Crippen molar-refractivity contribution in [2.24, 2.45) is 0 Å². The fourth-order valence-corrected chi connectivity index (χ4v) is 2.43. The number of nitrogen functional groups attached to an aromatic ring is 1. The van der Waals surface area contributed by atoms with Crippen molar-refractivity contribution in [3.8, 4) is 11.3 Å². The molecule has 1 heterocycles. The van der Waals surface area contributed by atoms with Crippen LogP contribution in [0.1, 0.15) is 31.2 Å². The molecular weight excluding hydrogens is 258 g/mol. The molecule has 2 aromatic carbocycles. The summed E-state index contributed by atoms with van der Waals surface area (Å²) in [5, 5.41) is 2.43. The average molecular weight is 277 g/mol. The first kappa shape index (κ1) is 13.6. The molecule has 21 heavy (non-hydrogen) atoms. The summed E-state index contributed by atoms with van der Waals surface area (Å²) in [6, 6.07) is 14.7. The second kappa shape index (κ2) is 5.17. The largest absolute Gasteiger partial charge is 0.383 e. The summed E-state index contributed by atoms with van der Waals surface area (Å²) in [6.45, 7) is 6.13. The van der Waals surface area contributed by atoms with Crippen molar-refractivity contribution >= 4 is 16.6 Å². The number of rotatable bonds is 2. The molecule has 0 aliphatic heterocycles. The standard InChI is InChI=1S/C18H19N3/c1-11(2)18-20-16(12(3)17(19)21-18)15-9-8-13-6-4-5-7-14(13)10-15/h4-11H,1-3H3,(H2,19,20,21). The van der Waals surface area contributed by atoms with Crippen LogP contribution in [0, 0.1) is 6.92 Å². The van der Waals surface area contributed by atoms with Gasteiger partial charge in [-0.05, 0) is 23.8 Å². The molecule has 0 saturated carbocycles. The fraction of sp³-hybridized carbons (Fsp3) is 0.222. The van der Waals surface area contributed by atoms with E-state index in [2.05, 4.69) is 49.2 Å². The summed E-state index contributed by atoms with van der Waals surface area (Å²) in [4.78, 5) is 9.11. The molecule has 0 atom stereocenters. The molecule has 0 saturated heterocycles. The average Bonchev–Trinajstić information content (AvgIpc) is 2.49. The zero-order chi connectivity index (χ0) is 15.0. The Morgan fingerprint density at radius 2 is 1.67 bits per heavy atom. The van der Waals surface area contributed by atoms with Gasteiger partial charge in [0, 0.05) is 17.0 Å². The third-order valence-corrected chi connectivity index (χ3v) is 3.74. The van der Waals surface area contributed by atoms with Gasteiger partial charge in [0.2, 0.25) is 0 Å². The Labute approximate surface area is 124 Å². The molecule has 106 valence electrons. The Morgan fingerprint density at radius 1 is 0.952 bits per heavy atom. The van der Waals surface area contributed by atoms with Gasteiger partial charge in [-0.15, -0.1) is 0 Å². The summed E-state index contributed by atoms with van der Waals surface area (Å²) in [6.07, 6.45) is 0. The maximum atomic E-state index is 6.06. The molecule has 0 unspecified atom stereocenters. The third-order valence-electron chi connectivity index (χ3n) is 3.74. The van der Waals surface area contributed by atoms with Crippen LogP contribution in [0.15, 0.2) is 42.5 Å². The second-order valence-electron chi connectivity index (χ2n) is 5.66. The lowest BCUT2D eigenvalue weighted by molar-refractivity contribution is 0.776. The number of benzene rings is 2. The van der Waals surface area contributed by atoms with E-state index in [0.29, 0.717) is 5.82 Å². The van der Waals surface area contributed by atoms with Crippen LogP contribution < -0.4 is 5.73 Å². The van der Waals surface area contributed by atoms with E-state index in [1.807, 2.05) is 19.1 Å². The normalized spacial score (nSPS) is 11.2. The number of aromatic nitrogens is 2. The molecule has 0 amide bonds. The van der Waals surface area contributed by atoms with Gasteiger partial charge in [-0.3, -0.25) is 0 Å². The summed E-state index contributed by atoms with van der Waals surface area (Å²) >= 11 is 0. The number of nitrogens with two attached hydrogens (primary N) is 1. The van der Waals surface area contributed by atoms with Gasteiger partial charge in [-0.2, -0.15) is 0 Å². The van der Waals surface area contributed by atoms with Gasteiger partial charge in [0.15, 0.2) is 0 Å². The lowest BCUT2D eigenvalue weighted by Gasteiger charge is -2.12. The number of nitrogens with zero attached hydrogens (tertiary/aromatic N) is 2. The lowest BCUT2D eigenvalue weighted by atomic mass is 10.0. The summed E-state index contributed by atoms with van der Waals surface area (Å²) in [5.41, 5.74) is 9.01. The first-order valence-electron chi connectivity index (χ1n) is 7.19. The molecule has 3 aromatic rings. The first-order chi connectivity index (χ1) is 10.1. The Balaban J connectivity index is 2.21. The van der Waals surface area contributed by atoms with Gasteiger partial charge in [0.05, 0.1) is 5.69 Å². The number of hydrogen-bond donors (Lipinski definition) is 1. The van der Waals surface area contributed by atoms with Crippen LogP contribution in [0.3, 0.4) is 0 Å². The number of anilines is 1. The number of hydrogen-bond acceptors (Lipinski definition) is 3. The van der Waals surface area contributed by atoms with Crippen LogP contribution in [0.25, 0.3) is 22.0 Å². The van der Waals surface area contributed by atoms with E-state index in [-0.39, 0.29) is 5.92 Å². The maximum Gasteiger partial charge on any atom is 0.133 e. The van der Waals surface area contributed by atoms with E-state index >= 15 is 0 Å². The topological polar surface area (TPSA) is 51.8 Å². The molecule has 0 spiro atoms. The molecule has 3 rings (SSSR count). The van der Waals surface area contributed by atoms with Crippen molar-refractivity contribution in [1.82, 2.24) is 9.97 Å². The Bertz CT molecular complexity index is 807. The van der Waals surface area contributed by atoms with Crippen LogP contribution in [-0.2, 0) is 0 Å². The molecule has 0 aliphatic rings. The van der Waals surface area contributed by atoms with Crippen molar-refractivity contribution < 1.29 is 0 Å². The minimum Gasteiger partial charge on any atom is -0.383 e. The molecule has 3 nitrogen and oxygen atoms in total. The van der Waals surface area contributed by atoms with Crippen molar-refractivity contribution in [2.45, 2.75) is 26.7 Å². The van der Waals surface area contributed by atoms with Crippen LogP contribution in [0.4, 0.5) is 5.82 Å². The minimum absolute atomic E-state index is 0.257. The summed E-state index contributed by atoms with van der Waals surface area (Å²) < 4.78 is 0. The number of fused-ring (bicyclic) bond motifs is 1. The molecule has 3 heteroatoms. The van der Waals surface area contributed by atoms with E-state index in [4.69, 9.17) is 10.7 Å². The molecule has 2 N–H and O–H groups in total. The van der Waals surface area contributed by atoms with Crippen LogP contribution in [0.2, 0.25) is 0 Å². The molecule has 0 radical (unpaired) electrons. The van der Waals surface area contributed by atoms with E-state index in [0.717, 1.165) is 22.6 Å². The fourth-order valence-electron chi connectivity index (χ4n) is 2.43. The molecular formula is C18H19N3. The second-order valence-corrected chi connectivity index (χ2v) is 5.66. The Kier molecular flexibility index (Phi) is 3.34. The Morgan fingerprint density at radius 3 is 2.38 bits per heavy atom. The van der Waals surface area contributed by atoms with E-state index < -0.39 is 0 Å². The first-order valence-corrected chi connectivity index (χ1v) is 7.19. The molecule has 1 aromatic heterocycles. The van der Waals surface area contributed by atoms with Crippen LogP contribution >= 0.6 is 0 Å². The third kappa shape index (κ3) is 2.47. The van der Waals surface area contributed by atoms with Crippen LogP contribution in [0.5, 0.6) is 0 Å². The smallest absolute Gasteiger partial charge is 0.133 e. The highest BCUT2D eigenvalue weighted by atomic mass is 15.0. The minimum atomic E-state index is 0.257. The zero-order valence-corrected chi connectivity index (χ0v) is 12.6. The molecule has 0 aliphatic carbocycles. The van der Waals surface area contributed by atoms with Gasteiger partial charge in [0.25, 0.3) is 0 Å². The van der Waals surface area contributed by atoms with Gasteiger partial charge < -0.3 is 5.73 Å². The SMILES string of the molecule is Cc1c(N)nc(C(C)C)nc1-c1ccc2ccccc2c1. The van der Waals surface area contributed by atoms with E-state index in [1.54, 1.807) is 0 Å². The van der Waals surface area contributed by atoms with Gasteiger partial charge >= 0.3 is 0 Å². The highest BCUT2D eigenvalue weighted by Crippen LogP contribution is 2.28. The van der Waals surface area contributed by atoms with Gasteiger partial charge in [-0.25, -0.2) is 9.97 Å². The predicted octanol–water partition coefficient (Wildman–Crippen LogP) is 4.31. The van der Waals surface area contributed by atoms with Crippen molar-refractivity contribution in [3.63, 3.8) is 0 Å². The zero-order valence-electron chi connectivity index (χ0n) is 12.6. The summed E-state index contributed by atoms with van der Waals surface area (Å²) in [5.74, 6) is 1.62. The van der Waals surface area contributed by atoms with Crippen LogP contribution in [-0.4, -0.2) is 9.97 Å². The van der Waals surface area contributed by atoms with E-state index in [9.17, 15) is 0 Å². The molecule has 0 fully saturated rings. The monoisotopic (exact) mass is 277 g/mol. The van der Waals surface area contributed by atoms with Crippen molar-refractivity contribution in [3.05, 3.63) is 53.9 Å². The lowest BCUT2D eigenvalue weighted by Crippen LogP contribution is -2.06. The molecule has 0 bridgehead atoms. The Hall–Kier alpha value is -2.42. The van der Waals surface area contributed by atoms with Gasteiger partial charge in [-0.1, -0.05) is 50.2 Å². The van der Waals surface area contributed by atoms with E-state index in [1.165, 1.54) is 10.8 Å². The van der Waals surface area contributed by atoms with Crippen molar-refractivity contribution in [1.29, 1.82) is 0 Å². The highest BCUT2D eigenvalue weighted by molar-refractivity contribution is 5.87. The predicted molar refractivity (Wildman–Crippen MR) is 88.2 cm³/mol. The maximum absolute atomic E-state index is 6.06.